The van der Waals surface area contributed by atoms with Crippen LogP contribution in [0.2, 0.25) is 0 Å². The van der Waals surface area contributed by atoms with Gasteiger partial charge in [0.1, 0.15) is 0 Å². The zero-order chi connectivity index (χ0) is 8.69. The summed E-state index contributed by atoms with van der Waals surface area (Å²) in [6, 6.07) is 0. The lowest BCUT2D eigenvalue weighted by molar-refractivity contribution is 0.0343. The number of aliphatic hydroxyl groups excluding tert-OH is 2. The molecule has 0 radical (unpaired) electrons. The molecule has 2 unspecified atom stereocenters. The van der Waals surface area contributed by atoms with E-state index in [9.17, 15) is 0 Å². The predicted octanol–water partition coefficient (Wildman–Crippen LogP) is -0.791. The molecule has 0 aliphatic rings. The molecule has 0 bridgehead atoms. The molecule has 4 N–H and O–H groups in total. The van der Waals surface area contributed by atoms with Gasteiger partial charge in [0.25, 0.3) is 0 Å². The lowest BCUT2D eigenvalue weighted by Gasteiger charge is -2.18. The van der Waals surface area contributed by atoms with Gasteiger partial charge in [-0.2, -0.15) is 0 Å². The van der Waals surface area contributed by atoms with Crippen LogP contribution in [0, 0.1) is 5.92 Å². The third-order valence-corrected chi connectivity index (χ3v) is 1.81. The number of hydrogen-bond acceptors (Lipinski definition) is 5. The van der Waals surface area contributed by atoms with Gasteiger partial charge in [0.15, 0.2) is 0 Å². The van der Waals surface area contributed by atoms with Gasteiger partial charge in [-0.05, 0) is 18.6 Å². The van der Waals surface area contributed by atoms with E-state index < -0.39 is 6.10 Å². The van der Waals surface area contributed by atoms with Crippen LogP contribution in [0.4, 0.5) is 0 Å². The summed E-state index contributed by atoms with van der Waals surface area (Å²) in [7, 11) is 0. The summed E-state index contributed by atoms with van der Waals surface area (Å²) in [5.74, 6) is -0.174. The average molecular weight is 181 g/mol. The lowest BCUT2D eigenvalue weighted by Crippen LogP contribution is -2.33. The van der Waals surface area contributed by atoms with Crippen LogP contribution in [0.15, 0.2) is 0 Å². The molecule has 0 saturated heterocycles. The van der Waals surface area contributed by atoms with E-state index in [-0.39, 0.29) is 12.5 Å². The van der Waals surface area contributed by atoms with Gasteiger partial charge in [-0.1, -0.05) is 0 Å². The molecular formula is C6H15NO3S. The monoisotopic (exact) mass is 181 g/mol. The second kappa shape index (κ2) is 6.87. The highest BCUT2D eigenvalue weighted by molar-refractivity contribution is 7.93. The molecule has 68 valence electrons. The average Bonchev–Trinajstić information content (AvgIpc) is 2.05. The summed E-state index contributed by atoms with van der Waals surface area (Å²) in [6.45, 7) is 0.432. The standard InChI is InChI=1S/C6H15NO3S/c1-11-10-4-5(2-7)6(9)3-8/h5-6,8-9H,2-4,7H2,1H3. The maximum atomic E-state index is 9.13. The Labute approximate surface area is 70.9 Å². The molecule has 0 aromatic rings. The van der Waals surface area contributed by atoms with Crippen LogP contribution in [0.25, 0.3) is 0 Å². The van der Waals surface area contributed by atoms with Gasteiger partial charge in [-0.3, -0.25) is 0 Å². The van der Waals surface area contributed by atoms with E-state index in [4.69, 9.17) is 20.1 Å². The first-order chi connectivity index (χ1) is 5.26. The SMILES string of the molecule is CSOCC(CN)C(O)CO. The number of aliphatic hydroxyl groups is 2. The van der Waals surface area contributed by atoms with Gasteiger partial charge in [0.2, 0.25) is 0 Å². The molecule has 4 nitrogen and oxygen atoms in total. The fraction of sp³-hybridized carbons (Fsp3) is 1.00. The second-order valence-corrected chi connectivity index (χ2v) is 2.77. The molecule has 0 amide bonds. The lowest BCUT2D eigenvalue weighted by atomic mass is 10.1. The predicted molar refractivity (Wildman–Crippen MR) is 45.1 cm³/mol. The van der Waals surface area contributed by atoms with E-state index in [1.54, 1.807) is 6.26 Å². The minimum absolute atomic E-state index is 0.174. The molecule has 0 fully saturated rings. The quantitative estimate of drug-likeness (QED) is 0.468. The minimum Gasteiger partial charge on any atom is -0.394 e. The van der Waals surface area contributed by atoms with Crippen LogP contribution >= 0.6 is 12.0 Å². The van der Waals surface area contributed by atoms with E-state index in [0.717, 1.165) is 0 Å². The largest absolute Gasteiger partial charge is 0.394 e. The third-order valence-electron chi connectivity index (χ3n) is 1.43. The Hall–Kier alpha value is 0.190. The fourth-order valence-electron chi connectivity index (χ4n) is 0.641. The minimum atomic E-state index is -0.771. The molecule has 5 heteroatoms. The van der Waals surface area contributed by atoms with Crippen molar-refractivity contribution in [3.05, 3.63) is 0 Å². The van der Waals surface area contributed by atoms with Gasteiger partial charge in [-0.15, -0.1) is 0 Å². The Morgan fingerprint density at radius 2 is 2.27 bits per heavy atom. The van der Waals surface area contributed by atoms with Gasteiger partial charge in [0.05, 0.1) is 19.3 Å². The van der Waals surface area contributed by atoms with Crippen LogP contribution in [0.5, 0.6) is 0 Å². The van der Waals surface area contributed by atoms with Crippen LogP contribution in [0.3, 0.4) is 0 Å². The molecular weight excluding hydrogens is 166 g/mol. The Morgan fingerprint density at radius 1 is 1.64 bits per heavy atom. The van der Waals surface area contributed by atoms with E-state index >= 15 is 0 Å². The van der Waals surface area contributed by atoms with Crippen molar-refractivity contribution in [2.45, 2.75) is 6.10 Å². The molecule has 0 aromatic carbocycles. The molecule has 11 heavy (non-hydrogen) atoms. The smallest absolute Gasteiger partial charge is 0.0833 e. The summed E-state index contributed by atoms with van der Waals surface area (Å²) >= 11 is 1.22. The molecule has 0 aromatic heterocycles. The zero-order valence-corrected chi connectivity index (χ0v) is 7.38. The Kier molecular flexibility index (Phi) is 6.99. The molecule has 2 atom stereocenters. The number of rotatable bonds is 6. The Bertz CT molecular complexity index is 93.9. The van der Waals surface area contributed by atoms with Crippen LogP contribution in [-0.4, -0.2) is 42.3 Å². The first-order valence-electron chi connectivity index (χ1n) is 3.40. The zero-order valence-electron chi connectivity index (χ0n) is 6.56. The van der Waals surface area contributed by atoms with Crippen LogP contribution < -0.4 is 5.73 Å². The van der Waals surface area contributed by atoms with Gasteiger partial charge >= 0.3 is 0 Å². The van der Waals surface area contributed by atoms with E-state index in [1.165, 1.54) is 12.0 Å². The summed E-state index contributed by atoms with van der Waals surface area (Å²) < 4.78 is 4.98. The van der Waals surface area contributed by atoms with Gasteiger partial charge in [0, 0.05) is 12.2 Å². The summed E-state index contributed by atoms with van der Waals surface area (Å²) in [4.78, 5) is 0. The van der Waals surface area contributed by atoms with Crippen molar-refractivity contribution in [1.29, 1.82) is 0 Å². The highest BCUT2D eigenvalue weighted by Gasteiger charge is 2.16. The molecule has 0 saturated carbocycles. The summed E-state index contributed by atoms with van der Waals surface area (Å²) in [5, 5.41) is 17.7. The van der Waals surface area contributed by atoms with Crippen molar-refractivity contribution in [3.63, 3.8) is 0 Å². The highest BCUT2D eigenvalue weighted by Crippen LogP contribution is 2.06. The first-order valence-corrected chi connectivity index (χ1v) is 4.55. The first kappa shape index (κ1) is 11.2. The molecule has 0 heterocycles. The third kappa shape index (κ3) is 4.60. The summed E-state index contributed by atoms with van der Waals surface area (Å²) in [5.41, 5.74) is 5.33. The summed E-state index contributed by atoms with van der Waals surface area (Å²) in [6.07, 6.45) is 1.02. The highest BCUT2D eigenvalue weighted by atomic mass is 32.2. The Balaban J connectivity index is 3.56. The van der Waals surface area contributed by atoms with E-state index in [1.807, 2.05) is 0 Å². The van der Waals surface area contributed by atoms with Crippen LogP contribution in [0.1, 0.15) is 0 Å². The van der Waals surface area contributed by atoms with Crippen molar-refractivity contribution in [3.8, 4) is 0 Å². The second-order valence-electron chi connectivity index (χ2n) is 2.20. The maximum Gasteiger partial charge on any atom is 0.0833 e. The molecule has 0 spiro atoms. The molecule has 0 rings (SSSR count). The molecule has 0 aliphatic carbocycles. The van der Waals surface area contributed by atoms with Gasteiger partial charge < -0.3 is 20.1 Å². The van der Waals surface area contributed by atoms with Crippen molar-refractivity contribution < 1.29 is 14.4 Å². The fourth-order valence-corrected chi connectivity index (χ4v) is 0.952. The molecule has 0 aliphatic heterocycles. The van der Waals surface area contributed by atoms with E-state index in [2.05, 4.69) is 0 Å². The normalized spacial score (nSPS) is 16.4. The van der Waals surface area contributed by atoms with Crippen molar-refractivity contribution in [2.24, 2.45) is 11.7 Å². The van der Waals surface area contributed by atoms with Crippen LogP contribution in [-0.2, 0) is 4.18 Å². The maximum absolute atomic E-state index is 9.13. The number of nitrogens with two attached hydrogens (primary N) is 1. The van der Waals surface area contributed by atoms with Crippen molar-refractivity contribution in [1.82, 2.24) is 0 Å². The number of hydrogen-bond donors (Lipinski definition) is 3. The van der Waals surface area contributed by atoms with E-state index in [0.29, 0.717) is 13.2 Å². The van der Waals surface area contributed by atoms with Crippen molar-refractivity contribution >= 4 is 12.0 Å². The van der Waals surface area contributed by atoms with Crippen molar-refractivity contribution in [2.75, 3.05) is 26.0 Å². The van der Waals surface area contributed by atoms with Gasteiger partial charge in [-0.25, -0.2) is 0 Å². The Morgan fingerprint density at radius 3 is 2.64 bits per heavy atom. The topological polar surface area (TPSA) is 75.7 Å².